The van der Waals surface area contributed by atoms with Gasteiger partial charge in [-0.2, -0.15) is 11.3 Å². The van der Waals surface area contributed by atoms with E-state index in [2.05, 4.69) is 20.6 Å². The number of aliphatic hydroxyl groups is 1. The number of hydrogen-bond acceptors (Lipinski definition) is 6. The summed E-state index contributed by atoms with van der Waals surface area (Å²) in [5.41, 5.74) is 0.927. The number of hydrogen-bond donors (Lipinski definition) is 3. The molecule has 0 aliphatic rings. The normalized spacial score (nSPS) is 12.2. The van der Waals surface area contributed by atoms with Gasteiger partial charge in [-0.15, -0.1) is 0 Å². The van der Waals surface area contributed by atoms with Crippen LogP contribution in [-0.2, 0) is 6.42 Å². The van der Waals surface area contributed by atoms with Gasteiger partial charge < -0.3 is 15.7 Å². The van der Waals surface area contributed by atoms with E-state index in [1.54, 1.807) is 11.3 Å². The predicted molar refractivity (Wildman–Crippen MR) is 78.7 cm³/mol. The number of nitrogens with one attached hydrogen (secondary N) is 2. The van der Waals surface area contributed by atoms with E-state index in [-0.39, 0.29) is 0 Å². The molecule has 1 atom stereocenters. The molecule has 0 aromatic carbocycles. The van der Waals surface area contributed by atoms with Gasteiger partial charge in [-0.05, 0) is 22.4 Å². The summed E-state index contributed by atoms with van der Waals surface area (Å²) in [7, 11) is 1.83. The molecular weight excluding hydrogens is 260 g/mol. The van der Waals surface area contributed by atoms with Crippen molar-refractivity contribution in [1.82, 2.24) is 9.97 Å². The maximum Gasteiger partial charge on any atom is 0.132 e. The molecule has 2 heterocycles. The topological polar surface area (TPSA) is 70.1 Å². The summed E-state index contributed by atoms with van der Waals surface area (Å²) in [5, 5.41) is 20.1. The number of aryl methyl sites for hydroxylation is 1. The molecule has 0 spiro atoms. The van der Waals surface area contributed by atoms with Crippen LogP contribution in [-0.4, -0.2) is 28.7 Å². The van der Waals surface area contributed by atoms with Crippen molar-refractivity contribution >= 4 is 23.0 Å². The van der Waals surface area contributed by atoms with Crippen LogP contribution in [0, 0.1) is 0 Å². The summed E-state index contributed by atoms with van der Waals surface area (Å²) in [4.78, 5) is 8.71. The minimum absolute atomic E-state index is 0.431. The molecule has 3 N–H and O–H groups in total. The molecule has 0 bridgehead atoms. The van der Waals surface area contributed by atoms with Gasteiger partial charge in [0, 0.05) is 26.1 Å². The van der Waals surface area contributed by atoms with E-state index < -0.39 is 6.10 Å². The first-order valence-corrected chi connectivity index (χ1v) is 7.17. The van der Waals surface area contributed by atoms with Crippen LogP contribution in [0.1, 0.15) is 24.4 Å². The molecule has 0 fully saturated rings. The van der Waals surface area contributed by atoms with Crippen LogP contribution in [0.5, 0.6) is 0 Å². The molecule has 6 heteroatoms. The third-order valence-electron chi connectivity index (χ3n) is 2.75. The average molecular weight is 278 g/mol. The highest BCUT2D eigenvalue weighted by atomic mass is 32.1. The maximum atomic E-state index is 10.0. The molecule has 0 aliphatic carbocycles. The van der Waals surface area contributed by atoms with Crippen LogP contribution in [0.15, 0.2) is 22.9 Å². The fourth-order valence-corrected chi connectivity index (χ4v) is 2.36. The van der Waals surface area contributed by atoms with E-state index in [0.29, 0.717) is 6.54 Å². The zero-order valence-corrected chi connectivity index (χ0v) is 11.9. The zero-order chi connectivity index (χ0) is 13.7. The molecule has 2 aromatic heterocycles. The van der Waals surface area contributed by atoms with Gasteiger partial charge in [0.15, 0.2) is 0 Å². The fraction of sp³-hybridized carbons (Fsp3) is 0.385. The van der Waals surface area contributed by atoms with Crippen LogP contribution in [0.4, 0.5) is 11.6 Å². The monoisotopic (exact) mass is 278 g/mol. The Balaban J connectivity index is 2.02. The van der Waals surface area contributed by atoms with Crippen LogP contribution in [0.25, 0.3) is 0 Å². The molecule has 0 radical (unpaired) electrons. The summed E-state index contributed by atoms with van der Waals surface area (Å²) in [5.74, 6) is 2.28. The van der Waals surface area contributed by atoms with E-state index in [4.69, 9.17) is 0 Å². The first-order valence-electron chi connectivity index (χ1n) is 6.22. The largest absolute Gasteiger partial charge is 0.387 e. The molecular formula is C13H18N4OS. The van der Waals surface area contributed by atoms with Crippen LogP contribution >= 0.6 is 11.3 Å². The van der Waals surface area contributed by atoms with E-state index >= 15 is 0 Å². The van der Waals surface area contributed by atoms with Crippen LogP contribution < -0.4 is 10.6 Å². The summed E-state index contributed by atoms with van der Waals surface area (Å²) < 4.78 is 0. The second kappa shape index (κ2) is 6.49. The summed E-state index contributed by atoms with van der Waals surface area (Å²) in [6.45, 7) is 2.44. The molecule has 0 aliphatic heterocycles. The molecule has 2 rings (SSSR count). The third-order valence-corrected chi connectivity index (χ3v) is 3.45. The van der Waals surface area contributed by atoms with Crippen molar-refractivity contribution in [3.8, 4) is 0 Å². The molecule has 1 unspecified atom stereocenters. The highest BCUT2D eigenvalue weighted by molar-refractivity contribution is 7.07. The zero-order valence-electron chi connectivity index (χ0n) is 11.1. The van der Waals surface area contributed by atoms with Gasteiger partial charge in [0.1, 0.15) is 17.5 Å². The van der Waals surface area contributed by atoms with Crippen LogP contribution in [0.2, 0.25) is 0 Å². The quantitative estimate of drug-likeness (QED) is 0.756. The smallest absolute Gasteiger partial charge is 0.132 e. The minimum atomic E-state index is -0.524. The maximum absolute atomic E-state index is 10.0. The molecule has 0 amide bonds. The Kier molecular flexibility index (Phi) is 4.70. The van der Waals surface area contributed by atoms with Gasteiger partial charge in [0.2, 0.25) is 0 Å². The van der Waals surface area contributed by atoms with Gasteiger partial charge in [-0.3, -0.25) is 0 Å². The standard InChI is InChI=1S/C13H18N4OS/c1-3-11-16-12(14-2)6-13(17-11)15-7-10(18)9-4-5-19-8-9/h4-6,8,10,18H,3,7H2,1-2H3,(H2,14,15,16,17). The Labute approximate surface area is 116 Å². The lowest BCUT2D eigenvalue weighted by Gasteiger charge is -2.12. The molecule has 0 saturated carbocycles. The fourth-order valence-electron chi connectivity index (χ4n) is 1.66. The van der Waals surface area contributed by atoms with Gasteiger partial charge in [0.25, 0.3) is 0 Å². The Morgan fingerprint density at radius 3 is 2.79 bits per heavy atom. The number of anilines is 2. The second-order valence-corrected chi connectivity index (χ2v) is 4.89. The Morgan fingerprint density at radius 2 is 2.16 bits per heavy atom. The Morgan fingerprint density at radius 1 is 1.37 bits per heavy atom. The minimum Gasteiger partial charge on any atom is -0.387 e. The van der Waals surface area contributed by atoms with E-state index in [0.717, 1.165) is 29.4 Å². The first kappa shape index (κ1) is 13.8. The van der Waals surface area contributed by atoms with Crippen molar-refractivity contribution in [3.05, 3.63) is 34.3 Å². The number of aromatic nitrogens is 2. The molecule has 2 aromatic rings. The van der Waals surface area contributed by atoms with Crippen molar-refractivity contribution in [3.63, 3.8) is 0 Å². The van der Waals surface area contributed by atoms with Crippen molar-refractivity contribution in [1.29, 1.82) is 0 Å². The van der Waals surface area contributed by atoms with Gasteiger partial charge in [-0.1, -0.05) is 6.92 Å². The van der Waals surface area contributed by atoms with Crippen LogP contribution in [0.3, 0.4) is 0 Å². The van der Waals surface area contributed by atoms with Crippen molar-refractivity contribution in [2.45, 2.75) is 19.4 Å². The number of rotatable bonds is 6. The summed E-state index contributed by atoms with van der Waals surface area (Å²) >= 11 is 1.58. The lowest BCUT2D eigenvalue weighted by Crippen LogP contribution is -2.13. The van der Waals surface area contributed by atoms with E-state index in [1.807, 2.05) is 36.9 Å². The summed E-state index contributed by atoms with van der Waals surface area (Å²) in [6, 6.07) is 3.76. The van der Waals surface area contributed by atoms with Crippen molar-refractivity contribution < 1.29 is 5.11 Å². The predicted octanol–water partition coefficient (Wildman–Crippen LogP) is 2.29. The lowest BCUT2D eigenvalue weighted by molar-refractivity contribution is 0.192. The molecule has 19 heavy (non-hydrogen) atoms. The summed E-state index contributed by atoms with van der Waals surface area (Å²) in [6.07, 6.45) is 0.251. The number of thiophene rings is 1. The average Bonchev–Trinajstić information content (AvgIpc) is 2.98. The van der Waals surface area contributed by atoms with Crippen molar-refractivity contribution in [2.24, 2.45) is 0 Å². The molecule has 5 nitrogen and oxygen atoms in total. The van der Waals surface area contributed by atoms with E-state index in [9.17, 15) is 5.11 Å². The van der Waals surface area contributed by atoms with E-state index in [1.165, 1.54) is 0 Å². The Hall–Kier alpha value is -1.66. The first-order chi connectivity index (χ1) is 9.22. The Bertz CT molecular complexity index is 493. The van der Waals surface area contributed by atoms with Gasteiger partial charge in [0.05, 0.1) is 6.10 Å². The third kappa shape index (κ3) is 3.65. The molecule has 0 saturated heterocycles. The second-order valence-electron chi connectivity index (χ2n) is 4.11. The lowest BCUT2D eigenvalue weighted by atomic mass is 10.2. The highest BCUT2D eigenvalue weighted by Gasteiger charge is 2.09. The van der Waals surface area contributed by atoms with Crippen molar-refractivity contribution in [2.75, 3.05) is 24.2 Å². The van der Waals surface area contributed by atoms with Gasteiger partial charge in [-0.25, -0.2) is 9.97 Å². The van der Waals surface area contributed by atoms with Gasteiger partial charge >= 0.3 is 0 Å². The molecule has 102 valence electrons. The highest BCUT2D eigenvalue weighted by Crippen LogP contribution is 2.17. The SMILES string of the molecule is CCc1nc(NC)cc(NCC(O)c2ccsc2)n1. The number of nitrogens with zero attached hydrogens (tertiary/aromatic N) is 2. The number of aliphatic hydroxyl groups excluding tert-OH is 1.